The molecule has 0 amide bonds. The lowest BCUT2D eigenvalue weighted by atomic mass is 9.95. The first-order valence-electron chi connectivity index (χ1n) is 6.35. The van der Waals surface area contributed by atoms with Crippen LogP contribution in [0.15, 0.2) is 0 Å². The third kappa shape index (κ3) is 9.84. The summed E-state index contributed by atoms with van der Waals surface area (Å²) in [6, 6.07) is 0. The Hall–Kier alpha value is -0.690. The van der Waals surface area contributed by atoms with Gasteiger partial charge in [-0.1, -0.05) is 0 Å². The number of esters is 1. The van der Waals surface area contributed by atoms with Crippen molar-refractivity contribution in [1.29, 1.82) is 0 Å². The van der Waals surface area contributed by atoms with E-state index in [0.29, 0.717) is 46.2 Å². The zero-order valence-electron chi connectivity index (χ0n) is 12.4. The van der Waals surface area contributed by atoms with Crippen LogP contribution in [0.2, 0.25) is 0 Å². The Morgan fingerprint density at radius 2 is 1.32 bits per heavy atom. The van der Waals surface area contributed by atoms with Gasteiger partial charge in [-0.3, -0.25) is 4.79 Å². The summed E-state index contributed by atoms with van der Waals surface area (Å²) in [5, 5.41) is 0. The molecule has 0 aliphatic heterocycles. The smallest absolute Gasteiger partial charge is 0.313 e. The molecule has 19 heavy (non-hydrogen) atoms. The van der Waals surface area contributed by atoms with Gasteiger partial charge in [0.1, 0.15) is 0 Å². The SMILES string of the molecule is COCCOCCOCCOCC(C)(C)C(=O)OC. The first kappa shape index (κ1) is 18.3. The van der Waals surface area contributed by atoms with Gasteiger partial charge in [0.2, 0.25) is 0 Å². The van der Waals surface area contributed by atoms with Gasteiger partial charge in [-0.2, -0.15) is 0 Å². The molecular formula is C13H26O6. The van der Waals surface area contributed by atoms with Crippen LogP contribution in [0.25, 0.3) is 0 Å². The molecule has 114 valence electrons. The van der Waals surface area contributed by atoms with E-state index in [4.69, 9.17) is 18.9 Å². The number of rotatable bonds is 12. The van der Waals surface area contributed by atoms with Gasteiger partial charge >= 0.3 is 5.97 Å². The molecule has 0 saturated heterocycles. The van der Waals surface area contributed by atoms with Gasteiger partial charge in [-0.15, -0.1) is 0 Å². The topological polar surface area (TPSA) is 63.2 Å². The molecule has 0 fully saturated rings. The van der Waals surface area contributed by atoms with Crippen molar-refractivity contribution in [2.75, 3.05) is 60.5 Å². The molecular weight excluding hydrogens is 252 g/mol. The average Bonchev–Trinajstić information content (AvgIpc) is 2.39. The molecule has 0 aliphatic rings. The van der Waals surface area contributed by atoms with Gasteiger partial charge in [0.25, 0.3) is 0 Å². The molecule has 0 spiro atoms. The second-order valence-corrected chi connectivity index (χ2v) is 4.65. The van der Waals surface area contributed by atoms with Crippen molar-refractivity contribution in [3.8, 4) is 0 Å². The van der Waals surface area contributed by atoms with E-state index in [9.17, 15) is 4.79 Å². The Bertz CT molecular complexity index is 229. The van der Waals surface area contributed by atoms with Crippen LogP contribution < -0.4 is 0 Å². The largest absolute Gasteiger partial charge is 0.469 e. The summed E-state index contributed by atoms with van der Waals surface area (Å²) in [6.45, 7) is 7.02. The molecule has 0 heterocycles. The third-order valence-corrected chi connectivity index (χ3v) is 2.38. The van der Waals surface area contributed by atoms with Crippen molar-refractivity contribution in [3.05, 3.63) is 0 Å². The van der Waals surface area contributed by atoms with E-state index in [-0.39, 0.29) is 5.97 Å². The van der Waals surface area contributed by atoms with Gasteiger partial charge < -0.3 is 23.7 Å². The monoisotopic (exact) mass is 278 g/mol. The maximum atomic E-state index is 11.4. The van der Waals surface area contributed by atoms with Crippen LogP contribution in [0.3, 0.4) is 0 Å². The highest BCUT2D eigenvalue weighted by molar-refractivity contribution is 5.75. The van der Waals surface area contributed by atoms with Crippen LogP contribution in [0.1, 0.15) is 13.8 Å². The van der Waals surface area contributed by atoms with E-state index in [1.807, 2.05) is 0 Å². The highest BCUT2D eigenvalue weighted by Gasteiger charge is 2.28. The highest BCUT2D eigenvalue weighted by atomic mass is 16.6. The standard InChI is InChI=1S/C13H26O6/c1-13(2,12(14)16-4)11-19-10-9-18-8-7-17-6-5-15-3/h5-11H2,1-4H3. The highest BCUT2D eigenvalue weighted by Crippen LogP contribution is 2.16. The summed E-state index contributed by atoms with van der Waals surface area (Å²) in [7, 11) is 3.00. The van der Waals surface area contributed by atoms with Gasteiger partial charge in [-0.25, -0.2) is 0 Å². The summed E-state index contributed by atoms with van der Waals surface area (Å²) in [4.78, 5) is 11.4. The summed E-state index contributed by atoms with van der Waals surface area (Å²) in [5.41, 5.74) is -0.627. The van der Waals surface area contributed by atoms with Gasteiger partial charge in [0, 0.05) is 7.11 Å². The quantitative estimate of drug-likeness (QED) is 0.390. The van der Waals surface area contributed by atoms with Crippen LogP contribution >= 0.6 is 0 Å². The molecule has 0 atom stereocenters. The number of carbonyl (C=O) groups is 1. The van der Waals surface area contributed by atoms with Crippen molar-refractivity contribution < 1.29 is 28.5 Å². The third-order valence-electron chi connectivity index (χ3n) is 2.38. The fourth-order valence-corrected chi connectivity index (χ4v) is 1.24. The molecule has 0 N–H and O–H groups in total. The molecule has 0 aromatic carbocycles. The fourth-order valence-electron chi connectivity index (χ4n) is 1.24. The zero-order valence-corrected chi connectivity index (χ0v) is 12.4. The van der Waals surface area contributed by atoms with Crippen LogP contribution in [0, 0.1) is 5.41 Å². The predicted molar refractivity (Wildman–Crippen MR) is 70.1 cm³/mol. The molecule has 6 heteroatoms. The van der Waals surface area contributed by atoms with Crippen molar-refractivity contribution in [2.24, 2.45) is 5.41 Å². The van der Waals surface area contributed by atoms with E-state index in [0.717, 1.165) is 0 Å². The number of carbonyl (C=O) groups excluding carboxylic acids is 1. The summed E-state index contributed by atoms with van der Waals surface area (Å²) < 4.78 is 25.4. The minimum Gasteiger partial charge on any atom is -0.469 e. The summed E-state index contributed by atoms with van der Waals surface area (Å²) in [5.74, 6) is -0.278. The Morgan fingerprint density at radius 3 is 1.79 bits per heavy atom. The van der Waals surface area contributed by atoms with E-state index in [1.54, 1.807) is 21.0 Å². The minimum atomic E-state index is -0.627. The molecule has 0 aromatic rings. The van der Waals surface area contributed by atoms with Crippen LogP contribution in [0.5, 0.6) is 0 Å². The maximum Gasteiger partial charge on any atom is 0.313 e. The lowest BCUT2D eigenvalue weighted by molar-refractivity contribution is -0.154. The molecule has 6 nitrogen and oxygen atoms in total. The minimum absolute atomic E-state index is 0.278. The zero-order chi connectivity index (χ0) is 14.6. The predicted octanol–water partition coefficient (Wildman–Crippen LogP) is 0.882. The number of hydrogen-bond acceptors (Lipinski definition) is 6. The lowest BCUT2D eigenvalue weighted by Gasteiger charge is -2.21. The summed E-state index contributed by atoms with van der Waals surface area (Å²) >= 11 is 0. The first-order chi connectivity index (χ1) is 9.04. The normalized spacial score (nSPS) is 11.6. The average molecular weight is 278 g/mol. The van der Waals surface area contributed by atoms with Crippen LogP contribution in [-0.2, 0) is 28.5 Å². The fraction of sp³-hybridized carbons (Fsp3) is 0.923. The Balaban J connectivity index is 3.33. The van der Waals surface area contributed by atoms with Gasteiger partial charge in [0.15, 0.2) is 0 Å². The van der Waals surface area contributed by atoms with Crippen molar-refractivity contribution >= 4 is 5.97 Å². The van der Waals surface area contributed by atoms with Crippen LogP contribution in [0.4, 0.5) is 0 Å². The molecule has 0 aromatic heterocycles. The second-order valence-electron chi connectivity index (χ2n) is 4.65. The van der Waals surface area contributed by atoms with E-state index >= 15 is 0 Å². The number of ether oxygens (including phenoxy) is 5. The van der Waals surface area contributed by atoms with E-state index < -0.39 is 5.41 Å². The molecule has 0 radical (unpaired) electrons. The molecule has 0 rings (SSSR count). The Morgan fingerprint density at radius 1 is 0.842 bits per heavy atom. The molecule has 0 aliphatic carbocycles. The second kappa shape index (κ2) is 11.2. The Labute approximate surface area is 115 Å². The molecule has 0 bridgehead atoms. The van der Waals surface area contributed by atoms with Crippen LogP contribution in [-0.4, -0.2) is 66.4 Å². The Kier molecular flexibility index (Phi) is 10.8. The van der Waals surface area contributed by atoms with Crippen molar-refractivity contribution in [1.82, 2.24) is 0 Å². The van der Waals surface area contributed by atoms with Gasteiger partial charge in [0.05, 0.1) is 58.8 Å². The summed E-state index contributed by atoms with van der Waals surface area (Å²) in [6.07, 6.45) is 0. The van der Waals surface area contributed by atoms with E-state index in [2.05, 4.69) is 4.74 Å². The molecule has 0 saturated carbocycles. The molecule has 0 unspecified atom stereocenters. The number of methoxy groups -OCH3 is 2. The number of hydrogen-bond donors (Lipinski definition) is 0. The lowest BCUT2D eigenvalue weighted by Crippen LogP contribution is -2.31. The van der Waals surface area contributed by atoms with Crippen molar-refractivity contribution in [3.63, 3.8) is 0 Å². The van der Waals surface area contributed by atoms with Gasteiger partial charge in [-0.05, 0) is 13.8 Å². The van der Waals surface area contributed by atoms with E-state index in [1.165, 1.54) is 7.11 Å². The maximum absolute atomic E-state index is 11.4. The van der Waals surface area contributed by atoms with Crippen molar-refractivity contribution in [2.45, 2.75) is 13.8 Å². The first-order valence-corrected chi connectivity index (χ1v) is 6.35.